The maximum absolute atomic E-state index is 13.5. The van der Waals surface area contributed by atoms with Gasteiger partial charge in [-0.25, -0.2) is 9.37 Å². The molecule has 1 heterocycles. The molecule has 0 saturated carbocycles. The number of hydrogen-bond donors (Lipinski definition) is 2. The largest absolute Gasteiger partial charge is 0.342 e. The highest BCUT2D eigenvalue weighted by Crippen LogP contribution is 2.18. The van der Waals surface area contributed by atoms with Crippen LogP contribution in [0.25, 0.3) is 11.0 Å². The first-order valence-corrected chi connectivity index (χ1v) is 6.57. The molecule has 0 spiro atoms. The number of nitrogens with one attached hydrogen (secondary N) is 1. The lowest BCUT2D eigenvalue weighted by atomic mass is 9.96. The van der Waals surface area contributed by atoms with Crippen molar-refractivity contribution in [2.75, 3.05) is 6.54 Å². The lowest BCUT2D eigenvalue weighted by Crippen LogP contribution is -2.09. The Bertz CT molecular complexity index is 507. The van der Waals surface area contributed by atoms with Gasteiger partial charge in [0, 0.05) is 6.42 Å². The number of nitrogens with zero attached hydrogens (tertiary/aromatic N) is 1. The van der Waals surface area contributed by atoms with Gasteiger partial charge in [-0.15, -0.1) is 0 Å². The predicted octanol–water partition coefficient (Wildman–Crippen LogP) is 3.01. The summed E-state index contributed by atoms with van der Waals surface area (Å²) < 4.78 is 13.5. The second-order valence-electron chi connectivity index (χ2n) is 4.71. The monoisotopic (exact) mass is 249 g/mol. The molecule has 0 fully saturated rings. The minimum Gasteiger partial charge on any atom is -0.342 e. The number of aromatic nitrogens is 2. The Balaban J connectivity index is 2.06. The second-order valence-corrected chi connectivity index (χ2v) is 4.71. The van der Waals surface area contributed by atoms with Crippen molar-refractivity contribution in [3.8, 4) is 0 Å². The van der Waals surface area contributed by atoms with E-state index in [1.807, 2.05) is 6.07 Å². The van der Waals surface area contributed by atoms with Gasteiger partial charge in [-0.2, -0.15) is 0 Å². The molecule has 0 aliphatic rings. The number of aryl methyl sites for hydroxylation is 1. The first kappa shape index (κ1) is 13.0. The van der Waals surface area contributed by atoms with E-state index >= 15 is 0 Å². The van der Waals surface area contributed by atoms with Gasteiger partial charge < -0.3 is 10.7 Å². The molecule has 18 heavy (non-hydrogen) atoms. The molecule has 0 amide bonds. The molecule has 1 aromatic heterocycles. The van der Waals surface area contributed by atoms with E-state index in [-0.39, 0.29) is 5.82 Å². The van der Waals surface area contributed by atoms with E-state index < -0.39 is 0 Å². The molecule has 2 aromatic rings. The van der Waals surface area contributed by atoms with Gasteiger partial charge in [0.05, 0.1) is 5.52 Å². The zero-order valence-electron chi connectivity index (χ0n) is 10.7. The van der Waals surface area contributed by atoms with Crippen molar-refractivity contribution in [1.82, 2.24) is 9.97 Å². The SMILES string of the molecule is CCC(CCN)CCc1nc2c(F)cccc2[nH]1. The summed E-state index contributed by atoms with van der Waals surface area (Å²) in [4.78, 5) is 7.49. The molecule has 1 atom stereocenters. The molecule has 1 unspecified atom stereocenters. The van der Waals surface area contributed by atoms with Crippen molar-refractivity contribution >= 4 is 11.0 Å². The Morgan fingerprint density at radius 2 is 2.22 bits per heavy atom. The van der Waals surface area contributed by atoms with Crippen LogP contribution in [0.4, 0.5) is 4.39 Å². The highest BCUT2D eigenvalue weighted by Gasteiger charge is 2.10. The van der Waals surface area contributed by atoms with Crippen LogP contribution in [0.5, 0.6) is 0 Å². The molecule has 4 heteroatoms. The van der Waals surface area contributed by atoms with Crippen LogP contribution in [0.15, 0.2) is 18.2 Å². The fraction of sp³-hybridized carbons (Fsp3) is 0.500. The topological polar surface area (TPSA) is 54.7 Å². The quantitative estimate of drug-likeness (QED) is 0.826. The summed E-state index contributed by atoms with van der Waals surface area (Å²) in [6, 6.07) is 4.99. The molecular weight excluding hydrogens is 229 g/mol. The highest BCUT2D eigenvalue weighted by atomic mass is 19.1. The van der Waals surface area contributed by atoms with Crippen LogP contribution < -0.4 is 5.73 Å². The van der Waals surface area contributed by atoms with E-state index in [0.717, 1.165) is 43.6 Å². The first-order valence-electron chi connectivity index (χ1n) is 6.57. The van der Waals surface area contributed by atoms with Crippen molar-refractivity contribution in [2.45, 2.75) is 32.6 Å². The minimum absolute atomic E-state index is 0.260. The van der Waals surface area contributed by atoms with Gasteiger partial charge in [0.25, 0.3) is 0 Å². The maximum atomic E-state index is 13.5. The van der Waals surface area contributed by atoms with E-state index in [4.69, 9.17) is 5.73 Å². The number of para-hydroxylation sites is 1. The number of hydrogen-bond acceptors (Lipinski definition) is 2. The second kappa shape index (κ2) is 5.96. The van der Waals surface area contributed by atoms with Crippen molar-refractivity contribution in [3.63, 3.8) is 0 Å². The molecule has 0 saturated heterocycles. The molecule has 98 valence electrons. The molecule has 2 rings (SSSR count). The Hall–Kier alpha value is -1.42. The number of halogens is 1. The molecule has 0 bridgehead atoms. The highest BCUT2D eigenvalue weighted by molar-refractivity contribution is 5.75. The van der Waals surface area contributed by atoms with Gasteiger partial charge in [0.15, 0.2) is 5.82 Å². The zero-order chi connectivity index (χ0) is 13.0. The fourth-order valence-electron chi connectivity index (χ4n) is 2.30. The van der Waals surface area contributed by atoms with Crippen LogP contribution in [-0.2, 0) is 6.42 Å². The van der Waals surface area contributed by atoms with Gasteiger partial charge in [-0.05, 0) is 37.4 Å². The van der Waals surface area contributed by atoms with E-state index in [1.54, 1.807) is 6.07 Å². The van der Waals surface area contributed by atoms with Gasteiger partial charge in [0.2, 0.25) is 0 Å². The average molecular weight is 249 g/mol. The number of nitrogens with two attached hydrogens (primary N) is 1. The fourth-order valence-corrected chi connectivity index (χ4v) is 2.30. The Kier molecular flexibility index (Phi) is 4.31. The smallest absolute Gasteiger partial charge is 0.151 e. The van der Waals surface area contributed by atoms with Crippen molar-refractivity contribution < 1.29 is 4.39 Å². The number of fused-ring (bicyclic) bond motifs is 1. The standard InChI is InChI=1S/C14H20FN3/c1-2-10(8-9-16)6-7-13-17-12-5-3-4-11(15)14(12)18-13/h3-5,10H,2,6-9,16H2,1H3,(H,17,18). The summed E-state index contributed by atoms with van der Waals surface area (Å²) in [6.45, 7) is 2.91. The molecule has 0 aliphatic carbocycles. The summed E-state index contributed by atoms with van der Waals surface area (Å²) in [7, 11) is 0. The Morgan fingerprint density at radius 3 is 2.89 bits per heavy atom. The molecular formula is C14H20FN3. The van der Waals surface area contributed by atoms with Crippen LogP contribution in [0.1, 0.15) is 32.0 Å². The van der Waals surface area contributed by atoms with Gasteiger partial charge in [0.1, 0.15) is 11.3 Å². The van der Waals surface area contributed by atoms with Crippen molar-refractivity contribution in [2.24, 2.45) is 11.7 Å². The third-order valence-corrected chi connectivity index (χ3v) is 3.45. The average Bonchev–Trinajstić information content (AvgIpc) is 2.79. The number of benzene rings is 1. The summed E-state index contributed by atoms with van der Waals surface area (Å²) in [5.41, 5.74) is 6.80. The summed E-state index contributed by atoms with van der Waals surface area (Å²) >= 11 is 0. The van der Waals surface area contributed by atoms with E-state index in [0.29, 0.717) is 11.4 Å². The first-order chi connectivity index (χ1) is 8.74. The van der Waals surface area contributed by atoms with E-state index in [1.165, 1.54) is 6.07 Å². The molecule has 0 radical (unpaired) electrons. The maximum Gasteiger partial charge on any atom is 0.151 e. The third-order valence-electron chi connectivity index (χ3n) is 3.45. The molecule has 3 N–H and O–H groups in total. The number of H-pyrrole nitrogens is 1. The van der Waals surface area contributed by atoms with Gasteiger partial charge in [-0.1, -0.05) is 19.4 Å². The van der Waals surface area contributed by atoms with Crippen LogP contribution in [0, 0.1) is 11.7 Å². The van der Waals surface area contributed by atoms with Crippen LogP contribution in [0.2, 0.25) is 0 Å². The molecule has 1 aromatic carbocycles. The lowest BCUT2D eigenvalue weighted by Gasteiger charge is -2.11. The van der Waals surface area contributed by atoms with Gasteiger partial charge in [-0.3, -0.25) is 0 Å². The summed E-state index contributed by atoms with van der Waals surface area (Å²) in [5.74, 6) is 1.24. The lowest BCUT2D eigenvalue weighted by molar-refractivity contribution is 0.440. The van der Waals surface area contributed by atoms with Crippen molar-refractivity contribution in [3.05, 3.63) is 29.8 Å². The van der Waals surface area contributed by atoms with Crippen LogP contribution in [-0.4, -0.2) is 16.5 Å². The Morgan fingerprint density at radius 1 is 1.39 bits per heavy atom. The minimum atomic E-state index is -0.260. The van der Waals surface area contributed by atoms with Gasteiger partial charge >= 0.3 is 0 Å². The van der Waals surface area contributed by atoms with Crippen LogP contribution in [0.3, 0.4) is 0 Å². The molecule has 3 nitrogen and oxygen atoms in total. The number of rotatable bonds is 6. The normalized spacial score (nSPS) is 13.1. The Labute approximate surface area is 107 Å². The third kappa shape index (κ3) is 2.88. The van der Waals surface area contributed by atoms with E-state index in [2.05, 4.69) is 16.9 Å². The number of aromatic amines is 1. The predicted molar refractivity (Wildman–Crippen MR) is 71.8 cm³/mol. The summed E-state index contributed by atoms with van der Waals surface area (Å²) in [5, 5.41) is 0. The zero-order valence-corrected chi connectivity index (χ0v) is 10.7. The van der Waals surface area contributed by atoms with Crippen molar-refractivity contribution in [1.29, 1.82) is 0 Å². The number of imidazole rings is 1. The van der Waals surface area contributed by atoms with Crippen LogP contribution >= 0.6 is 0 Å². The summed E-state index contributed by atoms with van der Waals surface area (Å²) in [6.07, 6.45) is 4.08. The molecule has 0 aliphatic heterocycles. The van der Waals surface area contributed by atoms with E-state index in [9.17, 15) is 4.39 Å².